The van der Waals surface area contributed by atoms with Crippen LogP contribution in [0.1, 0.15) is 0 Å². The van der Waals surface area contributed by atoms with Crippen LogP contribution in [0.2, 0.25) is 0 Å². The maximum Gasteiger partial charge on any atom is 2.00 e. The second kappa shape index (κ2) is 16.0. The summed E-state index contributed by atoms with van der Waals surface area (Å²) in [7, 11) is 0. The zero-order valence-corrected chi connectivity index (χ0v) is 9.65. The Labute approximate surface area is 86.5 Å². The molecule has 54 valence electrons. The van der Waals surface area contributed by atoms with Crippen LogP contribution in [-0.4, -0.2) is 12.3 Å². The van der Waals surface area contributed by atoms with Crippen LogP contribution in [0.3, 0.4) is 0 Å². The van der Waals surface area contributed by atoms with E-state index in [4.69, 9.17) is 30.0 Å². The summed E-state index contributed by atoms with van der Waals surface area (Å²) in [4.78, 5) is 16.7. The van der Waals surface area contributed by atoms with Crippen molar-refractivity contribution in [3.8, 4) is 0 Å². The van der Waals surface area contributed by atoms with E-state index < -0.39 is 12.3 Å². The third-order valence-electron chi connectivity index (χ3n) is 0. The summed E-state index contributed by atoms with van der Waals surface area (Å²) in [6.45, 7) is 0. The van der Waals surface area contributed by atoms with Crippen molar-refractivity contribution >= 4 is 12.3 Å². The Bertz CT molecular complexity index is 73.7. The predicted molar refractivity (Wildman–Crippen MR) is 10.8 cm³/mol. The van der Waals surface area contributed by atoms with Crippen LogP contribution in [0.5, 0.6) is 0 Å². The minimum atomic E-state index is -2.33. The fraction of sp³-hybridized carbons (Fsp3) is 0. The molecule has 0 atom stereocenters. The smallest absolute Gasteiger partial charge is 0.652 e. The Morgan fingerprint density at radius 1 is 0.800 bits per heavy atom. The van der Waals surface area contributed by atoms with Gasteiger partial charge in [0, 0.05) is 0 Å². The van der Waals surface area contributed by atoms with Gasteiger partial charge in [0.05, 0.1) is 0 Å². The second-order valence-corrected chi connectivity index (χ2v) is 0.500. The van der Waals surface area contributed by atoms with E-state index in [0.717, 1.165) is 0 Å². The van der Waals surface area contributed by atoms with Crippen molar-refractivity contribution < 1.29 is 74.4 Å². The van der Waals surface area contributed by atoms with E-state index in [-0.39, 0.29) is 44.4 Å². The minimum absolute atomic E-state index is 0. The quantitative estimate of drug-likeness (QED) is 0.411. The molecular formula is C2CdFeO6. The van der Waals surface area contributed by atoms with Crippen LogP contribution in [0, 0.1) is 0 Å². The van der Waals surface area contributed by atoms with Crippen molar-refractivity contribution in [1.29, 1.82) is 0 Å². The van der Waals surface area contributed by atoms with Gasteiger partial charge in [-0.2, -0.15) is 0 Å². The van der Waals surface area contributed by atoms with Crippen LogP contribution in [0.15, 0.2) is 0 Å². The van der Waals surface area contributed by atoms with E-state index in [1.54, 1.807) is 0 Å². The zero-order chi connectivity index (χ0) is 7.15. The van der Waals surface area contributed by atoms with Gasteiger partial charge in [-0.1, -0.05) is 0 Å². The third kappa shape index (κ3) is 1140000. The first kappa shape index (κ1) is 22.5. The fourth-order valence-electron chi connectivity index (χ4n) is 0. The molecule has 0 N–H and O–H groups in total. The van der Waals surface area contributed by atoms with Crippen LogP contribution in [0.4, 0.5) is 9.59 Å². The van der Waals surface area contributed by atoms with Gasteiger partial charge < -0.3 is 30.0 Å². The molecular weight excluding hydrogens is 288 g/mol. The molecule has 8 heteroatoms. The van der Waals surface area contributed by atoms with Gasteiger partial charge in [0.15, 0.2) is 0 Å². The summed E-state index contributed by atoms with van der Waals surface area (Å²) in [5.41, 5.74) is 0. The van der Waals surface area contributed by atoms with Gasteiger partial charge in [-0.3, -0.25) is 0 Å². The van der Waals surface area contributed by atoms with E-state index >= 15 is 0 Å². The van der Waals surface area contributed by atoms with Crippen molar-refractivity contribution in [3.63, 3.8) is 0 Å². The second-order valence-electron chi connectivity index (χ2n) is 0.500. The summed E-state index contributed by atoms with van der Waals surface area (Å²) in [6.07, 6.45) is -4.67. The van der Waals surface area contributed by atoms with Gasteiger partial charge in [-0.05, 0) is 12.3 Å². The van der Waals surface area contributed by atoms with Crippen LogP contribution < -0.4 is 20.4 Å². The molecule has 0 aromatic rings. The van der Waals surface area contributed by atoms with Crippen LogP contribution >= 0.6 is 0 Å². The van der Waals surface area contributed by atoms with Crippen LogP contribution in [0.25, 0.3) is 0 Å². The summed E-state index contributed by atoms with van der Waals surface area (Å²) in [5, 5.41) is 33.3. The summed E-state index contributed by atoms with van der Waals surface area (Å²) < 4.78 is 0. The molecule has 6 nitrogen and oxygen atoms in total. The number of rotatable bonds is 0. The van der Waals surface area contributed by atoms with Crippen molar-refractivity contribution in [2.24, 2.45) is 0 Å². The van der Waals surface area contributed by atoms with E-state index in [9.17, 15) is 0 Å². The van der Waals surface area contributed by atoms with Gasteiger partial charge in [-0.25, -0.2) is 0 Å². The van der Waals surface area contributed by atoms with Gasteiger partial charge >= 0.3 is 44.4 Å². The minimum Gasteiger partial charge on any atom is -0.652 e. The van der Waals surface area contributed by atoms with Crippen LogP contribution in [-0.2, 0) is 44.4 Å². The number of carbonyl (C=O) groups excluding carboxylic acids is 2. The van der Waals surface area contributed by atoms with Crippen molar-refractivity contribution in [2.45, 2.75) is 0 Å². The first-order valence-electron chi connectivity index (χ1n) is 1.22. The standard InChI is InChI=1S/2CH2O3.Cd.Fe/c2*2-1(3)4;;/h2*(H2,2,3,4);;/q;;2*+2/p-4. The molecule has 0 aromatic heterocycles. The molecule has 0 bridgehead atoms. The van der Waals surface area contributed by atoms with Crippen molar-refractivity contribution in [1.82, 2.24) is 0 Å². The Morgan fingerprint density at radius 3 is 0.800 bits per heavy atom. The summed E-state index contributed by atoms with van der Waals surface area (Å²) in [6, 6.07) is 0. The molecule has 10 heavy (non-hydrogen) atoms. The molecule has 0 aliphatic heterocycles. The fourth-order valence-corrected chi connectivity index (χ4v) is 0. The molecule has 0 spiro atoms. The summed E-state index contributed by atoms with van der Waals surface area (Å²) >= 11 is 0. The molecule has 0 radical (unpaired) electrons. The Hall–Kier alpha value is -0.0184. The maximum absolute atomic E-state index is 8.33. The van der Waals surface area contributed by atoms with E-state index in [1.165, 1.54) is 0 Å². The first-order chi connectivity index (χ1) is 3.46. The largest absolute Gasteiger partial charge is 2.00 e. The Balaban J connectivity index is -0.0000000300. The molecule has 0 heterocycles. The third-order valence-corrected chi connectivity index (χ3v) is 0. The van der Waals surface area contributed by atoms with Gasteiger partial charge in [0.1, 0.15) is 0 Å². The number of hydrogen-bond acceptors (Lipinski definition) is 6. The van der Waals surface area contributed by atoms with Gasteiger partial charge in [0.2, 0.25) is 0 Å². The number of carboxylic acid groups (broad SMARTS) is 4. The number of hydrogen-bond donors (Lipinski definition) is 0. The average Bonchev–Trinajstić information content (AvgIpc) is 1.25. The molecule has 0 saturated heterocycles. The average molecular weight is 288 g/mol. The molecule has 0 aliphatic carbocycles. The predicted octanol–water partition coefficient (Wildman–Crippen LogP) is -4.90. The monoisotopic (exact) mass is 290 g/mol. The first-order valence-corrected chi connectivity index (χ1v) is 1.22. The zero-order valence-electron chi connectivity index (χ0n) is 4.51. The van der Waals surface area contributed by atoms with E-state index in [1.807, 2.05) is 0 Å². The number of carbonyl (C=O) groups is 2. The summed E-state index contributed by atoms with van der Waals surface area (Å²) in [5.74, 6) is 0. The Kier molecular flexibility index (Phi) is 36.0. The Morgan fingerprint density at radius 2 is 0.800 bits per heavy atom. The molecule has 0 amide bonds. The molecule has 0 aromatic carbocycles. The molecule has 0 rings (SSSR count). The van der Waals surface area contributed by atoms with Gasteiger partial charge in [0.25, 0.3) is 0 Å². The van der Waals surface area contributed by atoms with Crippen molar-refractivity contribution in [3.05, 3.63) is 0 Å². The maximum atomic E-state index is 8.33. The molecule has 0 fully saturated rings. The molecule has 0 aliphatic rings. The van der Waals surface area contributed by atoms with E-state index in [0.29, 0.717) is 0 Å². The molecule has 0 saturated carbocycles. The topological polar surface area (TPSA) is 126 Å². The van der Waals surface area contributed by atoms with Crippen molar-refractivity contribution in [2.75, 3.05) is 0 Å². The SMILES string of the molecule is O=C([O-])[O-].O=C([O-])[O-].[Cd+2].[Fe+2]. The van der Waals surface area contributed by atoms with E-state index in [2.05, 4.69) is 0 Å². The molecule has 0 unspecified atom stereocenters. The normalized spacial score (nSPS) is 4.80. The van der Waals surface area contributed by atoms with Gasteiger partial charge in [-0.15, -0.1) is 0 Å².